The first kappa shape index (κ1) is 20.0. The molecule has 4 rings (SSSR count). The van der Waals surface area contributed by atoms with Gasteiger partial charge in [0.05, 0.1) is 42.4 Å². The quantitative estimate of drug-likeness (QED) is 0.447. The topological polar surface area (TPSA) is 111 Å². The average Bonchev–Trinajstić information content (AvgIpc) is 2.75. The van der Waals surface area contributed by atoms with Crippen LogP contribution in [0.5, 0.6) is 5.75 Å². The first-order chi connectivity index (χ1) is 14.5. The second-order valence-corrected chi connectivity index (χ2v) is 7.82. The summed E-state index contributed by atoms with van der Waals surface area (Å²) >= 11 is 0. The molecule has 9 heteroatoms. The van der Waals surface area contributed by atoms with Crippen LogP contribution in [0.15, 0.2) is 40.8 Å². The molecular weight excluding hydrogens is 384 g/mol. The Bertz CT molecular complexity index is 944. The van der Waals surface area contributed by atoms with E-state index in [2.05, 4.69) is 25.8 Å². The first-order valence-electron chi connectivity index (χ1n) is 9.92. The van der Waals surface area contributed by atoms with Gasteiger partial charge in [0, 0.05) is 37.8 Å². The van der Waals surface area contributed by atoms with E-state index in [0.717, 1.165) is 23.3 Å². The molecule has 0 radical (unpaired) electrons. The lowest BCUT2D eigenvalue weighted by molar-refractivity contribution is -0.112. The number of nitrogens with one attached hydrogen (secondary N) is 4. The number of carbonyl (C=O) groups excluding carboxylic acids is 1. The van der Waals surface area contributed by atoms with Gasteiger partial charge in [0.2, 0.25) is 0 Å². The van der Waals surface area contributed by atoms with Crippen molar-refractivity contribution in [2.75, 3.05) is 48.4 Å². The number of anilines is 3. The number of aliphatic imine (C=N–C) groups is 1. The summed E-state index contributed by atoms with van der Waals surface area (Å²) in [6, 6.07) is 3.85. The highest BCUT2D eigenvalue weighted by Gasteiger charge is 2.29. The summed E-state index contributed by atoms with van der Waals surface area (Å²) in [5.74, 6) is 0.672. The Labute approximate surface area is 175 Å². The maximum Gasteiger partial charge on any atom is 0.261 e. The molecule has 1 aromatic rings. The van der Waals surface area contributed by atoms with Gasteiger partial charge in [-0.2, -0.15) is 0 Å². The smallest absolute Gasteiger partial charge is 0.261 e. The van der Waals surface area contributed by atoms with Crippen molar-refractivity contribution in [2.45, 2.75) is 19.4 Å². The highest BCUT2D eigenvalue weighted by molar-refractivity contribution is 6.18. The van der Waals surface area contributed by atoms with Crippen molar-refractivity contribution in [3.8, 4) is 5.75 Å². The number of ether oxygens (including phenoxy) is 2. The number of rotatable bonds is 4. The number of hydrogen-bond acceptors (Lipinski definition) is 8. The van der Waals surface area contributed by atoms with Crippen molar-refractivity contribution >= 4 is 35.4 Å². The summed E-state index contributed by atoms with van der Waals surface area (Å²) in [6.45, 7) is 7.39. The zero-order valence-electron chi connectivity index (χ0n) is 17.1. The van der Waals surface area contributed by atoms with Gasteiger partial charge in [0.1, 0.15) is 17.2 Å². The van der Waals surface area contributed by atoms with Gasteiger partial charge in [-0.05, 0) is 26.0 Å². The lowest BCUT2D eigenvalue weighted by Gasteiger charge is -2.36. The summed E-state index contributed by atoms with van der Waals surface area (Å²) in [6.07, 6.45) is 5.96. The van der Waals surface area contributed by atoms with Crippen LogP contribution >= 0.6 is 0 Å². The summed E-state index contributed by atoms with van der Waals surface area (Å²) in [7, 11) is 0. The average molecular weight is 410 g/mol. The number of nitrogens with zero attached hydrogens (tertiary/aromatic N) is 2. The van der Waals surface area contributed by atoms with Gasteiger partial charge in [-0.15, -0.1) is 0 Å². The van der Waals surface area contributed by atoms with E-state index in [-0.39, 0.29) is 11.2 Å². The third-order valence-electron chi connectivity index (χ3n) is 5.04. The molecule has 0 aromatic heterocycles. The van der Waals surface area contributed by atoms with E-state index in [1.165, 1.54) is 0 Å². The van der Waals surface area contributed by atoms with Crippen molar-refractivity contribution in [1.29, 1.82) is 5.41 Å². The molecule has 1 amide bonds. The fourth-order valence-electron chi connectivity index (χ4n) is 3.50. The normalized spacial score (nSPS) is 20.9. The molecule has 3 aliphatic heterocycles. The van der Waals surface area contributed by atoms with Crippen LogP contribution in [0.25, 0.3) is 0 Å². The van der Waals surface area contributed by atoms with Gasteiger partial charge in [-0.1, -0.05) is 0 Å². The fourth-order valence-corrected chi connectivity index (χ4v) is 3.50. The molecule has 3 heterocycles. The minimum atomic E-state index is -0.411. The molecule has 9 nitrogen and oxygen atoms in total. The summed E-state index contributed by atoms with van der Waals surface area (Å²) in [5, 5.41) is 16.9. The van der Waals surface area contributed by atoms with Crippen LogP contribution in [0, 0.1) is 5.41 Å². The summed E-state index contributed by atoms with van der Waals surface area (Å²) in [5.41, 5.74) is 2.15. The van der Waals surface area contributed by atoms with E-state index in [4.69, 9.17) is 14.9 Å². The molecule has 3 aliphatic rings. The van der Waals surface area contributed by atoms with E-state index >= 15 is 0 Å². The zero-order valence-corrected chi connectivity index (χ0v) is 17.1. The number of allylic oxidation sites excluding steroid dienone is 1. The first-order valence-corrected chi connectivity index (χ1v) is 9.92. The van der Waals surface area contributed by atoms with Gasteiger partial charge in [-0.3, -0.25) is 4.79 Å². The van der Waals surface area contributed by atoms with Crippen molar-refractivity contribution in [2.24, 2.45) is 4.99 Å². The number of amides is 1. The third-order valence-corrected chi connectivity index (χ3v) is 5.04. The highest BCUT2D eigenvalue weighted by Crippen LogP contribution is 2.41. The maximum absolute atomic E-state index is 13.0. The van der Waals surface area contributed by atoms with E-state index in [1.54, 1.807) is 18.5 Å². The Kier molecular flexibility index (Phi) is 5.45. The number of morpholine rings is 1. The molecule has 0 unspecified atom stereocenters. The fraction of sp³-hybridized carbons (Fsp3) is 0.381. The molecule has 1 aromatic carbocycles. The van der Waals surface area contributed by atoms with E-state index < -0.39 is 5.91 Å². The molecule has 0 spiro atoms. The Morgan fingerprint density at radius 1 is 1.33 bits per heavy atom. The largest absolute Gasteiger partial charge is 0.484 e. The van der Waals surface area contributed by atoms with Crippen molar-refractivity contribution < 1.29 is 14.3 Å². The van der Waals surface area contributed by atoms with Gasteiger partial charge in [0.25, 0.3) is 5.91 Å². The molecular formula is C21H26N6O3. The summed E-state index contributed by atoms with van der Waals surface area (Å²) in [4.78, 5) is 19.3. The molecule has 0 bridgehead atoms. The van der Waals surface area contributed by atoms with E-state index in [9.17, 15) is 4.79 Å². The SMILES string of the molecule is CC1(C)CNc2cc(NC(=O)/C(C=N)=C3\N=CC=CN3)c(N3CCOCC3)cc2O1. The molecule has 0 aliphatic carbocycles. The van der Waals surface area contributed by atoms with Gasteiger partial charge in [0.15, 0.2) is 0 Å². The van der Waals surface area contributed by atoms with Crippen LogP contribution in [0.2, 0.25) is 0 Å². The number of benzene rings is 1. The number of hydrogen-bond donors (Lipinski definition) is 4. The Balaban J connectivity index is 1.69. The second-order valence-electron chi connectivity index (χ2n) is 7.82. The van der Waals surface area contributed by atoms with Crippen LogP contribution < -0.4 is 25.6 Å². The van der Waals surface area contributed by atoms with Gasteiger partial charge in [-0.25, -0.2) is 4.99 Å². The zero-order chi connectivity index (χ0) is 21.1. The van der Waals surface area contributed by atoms with Crippen LogP contribution in [-0.2, 0) is 9.53 Å². The van der Waals surface area contributed by atoms with E-state index in [0.29, 0.717) is 44.4 Å². The Morgan fingerprint density at radius 3 is 2.83 bits per heavy atom. The number of carbonyl (C=O) groups is 1. The van der Waals surface area contributed by atoms with E-state index in [1.807, 2.05) is 26.0 Å². The van der Waals surface area contributed by atoms with Crippen LogP contribution in [0.4, 0.5) is 17.1 Å². The maximum atomic E-state index is 13.0. The van der Waals surface area contributed by atoms with Gasteiger partial charge < -0.3 is 35.7 Å². The highest BCUT2D eigenvalue weighted by atomic mass is 16.5. The summed E-state index contributed by atoms with van der Waals surface area (Å²) < 4.78 is 11.6. The molecule has 30 heavy (non-hydrogen) atoms. The predicted molar refractivity (Wildman–Crippen MR) is 118 cm³/mol. The molecule has 158 valence electrons. The molecule has 4 N–H and O–H groups in total. The van der Waals surface area contributed by atoms with Crippen molar-refractivity contribution in [1.82, 2.24) is 5.32 Å². The van der Waals surface area contributed by atoms with Crippen LogP contribution in [0.1, 0.15) is 13.8 Å². The molecule has 1 fully saturated rings. The predicted octanol–water partition coefficient (Wildman–Crippen LogP) is 2.09. The van der Waals surface area contributed by atoms with Crippen LogP contribution in [0.3, 0.4) is 0 Å². The number of fused-ring (bicyclic) bond motifs is 1. The molecule has 0 saturated carbocycles. The Hall–Kier alpha value is -3.33. The lowest BCUT2D eigenvalue weighted by Crippen LogP contribution is -2.40. The third kappa shape index (κ3) is 4.16. The van der Waals surface area contributed by atoms with Crippen molar-refractivity contribution in [3.63, 3.8) is 0 Å². The van der Waals surface area contributed by atoms with Gasteiger partial charge >= 0.3 is 0 Å². The minimum Gasteiger partial charge on any atom is -0.484 e. The minimum absolute atomic E-state index is 0.145. The van der Waals surface area contributed by atoms with Crippen molar-refractivity contribution in [3.05, 3.63) is 35.8 Å². The standard InChI is InChI=1S/C21H26N6O3/c1-21(2)13-25-16-10-15(17(11-18(16)30-21)27-6-8-29-9-7-27)26-20(28)14(12-22)19-23-4-3-5-24-19/h3-5,10-12,22-23,25H,6-9,13H2,1-2H3,(H,26,28)/b19-14-,22-12?. The van der Waals surface area contributed by atoms with Crippen LogP contribution in [-0.4, -0.2) is 56.8 Å². The Morgan fingerprint density at radius 2 is 2.13 bits per heavy atom. The second kappa shape index (κ2) is 8.19. The molecule has 0 atom stereocenters. The monoisotopic (exact) mass is 410 g/mol. The molecule has 1 saturated heterocycles. The lowest BCUT2D eigenvalue weighted by atomic mass is 10.1.